The van der Waals surface area contributed by atoms with Gasteiger partial charge in [-0.3, -0.25) is 9.10 Å². The summed E-state index contributed by atoms with van der Waals surface area (Å²) in [7, 11) is -3.46. The molecule has 0 bridgehead atoms. The minimum absolute atomic E-state index is 0.0502. The lowest BCUT2D eigenvalue weighted by molar-refractivity contribution is -0.122. The summed E-state index contributed by atoms with van der Waals surface area (Å²) in [6.07, 6.45) is 2.70. The number of ether oxygens (including phenoxy) is 1. The molecule has 0 aliphatic rings. The summed E-state index contributed by atoms with van der Waals surface area (Å²) in [5.74, 6) is 1.05. The number of carbonyl (C=O) groups is 1. The first kappa shape index (κ1) is 24.7. The van der Waals surface area contributed by atoms with Gasteiger partial charge in [0.05, 0.1) is 24.6 Å². The van der Waals surface area contributed by atoms with Gasteiger partial charge < -0.3 is 10.1 Å². The van der Waals surface area contributed by atoms with E-state index < -0.39 is 10.0 Å². The molecule has 1 amide bonds. The molecule has 7 heteroatoms. The Morgan fingerprint density at radius 1 is 1.06 bits per heavy atom. The van der Waals surface area contributed by atoms with E-state index in [-0.39, 0.29) is 24.9 Å². The molecule has 1 atom stereocenters. The van der Waals surface area contributed by atoms with E-state index in [2.05, 4.69) is 19.2 Å². The largest absolute Gasteiger partial charge is 0.494 e. The molecule has 0 aliphatic heterocycles. The Labute approximate surface area is 186 Å². The first-order valence-electron chi connectivity index (χ1n) is 10.8. The number of nitrogens with zero attached hydrogens (tertiary/aromatic N) is 1. The van der Waals surface area contributed by atoms with Crippen LogP contribution in [0.25, 0.3) is 0 Å². The number of hydrogen-bond acceptors (Lipinski definition) is 4. The van der Waals surface area contributed by atoms with Gasteiger partial charge in [0, 0.05) is 13.0 Å². The molecule has 0 spiro atoms. The van der Waals surface area contributed by atoms with Gasteiger partial charge in [-0.05, 0) is 55.5 Å². The number of sulfonamides is 1. The zero-order valence-electron chi connectivity index (χ0n) is 18.9. The molecule has 0 fully saturated rings. The maximum atomic E-state index is 12.6. The van der Waals surface area contributed by atoms with Crippen molar-refractivity contribution in [2.45, 2.75) is 46.1 Å². The van der Waals surface area contributed by atoms with Gasteiger partial charge in [0.25, 0.3) is 0 Å². The molecule has 0 heterocycles. The predicted octanol–water partition coefficient (Wildman–Crippen LogP) is 4.54. The maximum absolute atomic E-state index is 12.6. The molecule has 2 aromatic rings. The molecule has 1 N–H and O–H groups in total. The van der Waals surface area contributed by atoms with E-state index in [9.17, 15) is 13.2 Å². The summed E-state index contributed by atoms with van der Waals surface area (Å²) in [5.41, 5.74) is 1.64. The molecule has 170 valence electrons. The second-order valence-electron chi connectivity index (χ2n) is 8.03. The van der Waals surface area contributed by atoms with E-state index >= 15 is 0 Å². The van der Waals surface area contributed by atoms with Crippen molar-refractivity contribution in [3.8, 4) is 5.75 Å². The van der Waals surface area contributed by atoms with E-state index in [0.717, 1.165) is 12.0 Å². The van der Waals surface area contributed by atoms with Crippen molar-refractivity contribution >= 4 is 21.6 Å². The Balaban J connectivity index is 1.98. The van der Waals surface area contributed by atoms with Crippen LogP contribution in [0, 0.1) is 5.92 Å². The highest BCUT2D eigenvalue weighted by atomic mass is 32.2. The highest BCUT2D eigenvalue weighted by molar-refractivity contribution is 7.92. The van der Waals surface area contributed by atoms with Crippen LogP contribution < -0.4 is 14.4 Å². The summed E-state index contributed by atoms with van der Waals surface area (Å²) in [6.45, 7) is 6.93. The van der Waals surface area contributed by atoms with Crippen LogP contribution in [0.3, 0.4) is 0 Å². The van der Waals surface area contributed by atoms with Crippen LogP contribution in [0.5, 0.6) is 5.75 Å². The number of amides is 1. The van der Waals surface area contributed by atoms with Crippen LogP contribution in [-0.4, -0.2) is 33.7 Å². The molecule has 31 heavy (non-hydrogen) atoms. The van der Waals surface area contributed by atoms with Gasteiger partial charge >= 0.3 is 0 Å². The van der Waals surface area contributed by atoms with Crippen molar-refractivity contribution in [2.24, 2.45) is 5.92 Å². The van der Waals surface area contributed by atoms with Gasteiger partial charge in [-0.2, -0.15) is 0 Å². The third-order valence-electron chi connectivity index (χ3n) is 4.85. The Morgan fingerprint density at radius 3 is 2.26 bits per heavy atom. The summed E-state index contributed by atoms with van der Waals surface area (Å²) in [4.78, 5) is 12.6. The molecule has 0 aliphatic carbocycles. The third kappa shape index (κ3) is 8.25. The van der Waals surface area contributed by atoms with Crippen LogP contribution in [0.4, 0.5) is 5.69 Å². The van der Waals surface area contributed by atoms with Crippen molar-refractivity contribution in [3.63, 3.8) is 0 Å². The molecule has 6 nitrogen and oxygen atoms in total. The first-order chi connectivity index (χ1) is 14.7. The molecule has 0 aromatic heterocycles. The molecule has 0 saturated heterocycles. The van der Waals surface area contributed by atoms with Crippen LogP contribution in [-0.2, 0) is 14.8 Å². The van der Waals surface area contributed by atoms with Crippen LogP contribution in [0.15, 0.2) is 54.6 Å². The highest BCUT2D eigenvalue weighted by Crippen LogP contribution is 2.23. The van der Waals surface area contributed by atoms with E-state index in [1.807, 2.05) is 37.3 Å². The highest BCUT2D eigenvalue weighted by Gasteiger charge is 2.19. The van der Waals surface area contributed by atoms with Crippen molar-refractivity contribution in [3.05, 3.63) is 60.2 Å². The zero-order chi connectivity index (χ0) is 22.9. The van der Waals surface area contributed by atoms with Gasteiger partial charge in [-0.15, -0.1) is 0 Å². The standard InChI is InChI=1S/C24H34N2O4S/c1-5-30-22-15-13-21(14-16-22)26(31(4,28)29)17-9-12-24(27)25-23(18-19(2)3)20-10-7-6-8-11-20/h6-8,10-11,13-16,19,23H,5,9,12,17-18H2,1-4H3,(H,25,27). The van der Waals surface area contributed by atoms with Crippen LogP contribution >= 0.6 is 0 Å². The van der Waals surface area contributed by atoms with Crippen molar-refractivity contribution in [2.75, 3.05) is 23.7 Å². The zero-order valence-corrected chi connectivity index (χ0v) is 19.7. The molecule has 0 saturated carbocycles. The van der Waals surface area contributed by atoms with E-state index in [1.54, 1.807) is 24.3 Å². The van der Waals surface area contributed by atoms with E-state index in [4.69, 9.17) is 4.74 Å². The summed E-state index contributed by atoms with van der Waals surface area (Å²) >= 11 is 0. The second-order valence-corrected chi connectivity index (χ2v) is 9.93. The van der Waals surface area contributed by atoms with Crippen molar-refractivity contribution in [1.82, 2.24) is 5.32 Å². The van der Waals surface area contributed by atoms with E-state index in [1.165, 1.54) is 10.6 Å². The lowest BCUT2D eigenvalue weighted by atomic mass is 9.97. The molecule has 2 rings (SSSR count). The molecule has 1 unspecified atom stereocenters. The number of hydrogen-bond donors (Lipinski definition) is 1. The van der Waals surface area contributed by atoms with Crippen LogP contribution in [0.1, 0.15) is 51.6 Å². The quantitative estimate of drug-likeness (QED) is 0.520. The lowest BCUT2D eigenvalue weighted by Crippen LogP contribution is -2.33. The topological polar surface area (TPSA) is 75.7 Å². The summed E-state index contributed by atoms with van der Waals surface area (Å²) in [5, 5.41) is 3.11. The average Bonchev–Trinajstić information content (AvgIpc) is 2.71. The maximum Gasteiger partial charge on any atom is 0.232 e. The van der Waals surface area contributed by atoms with Crippen molar-refractivity contribution < 1.29 is 17.9 Å². The lowest BCUT2D eigenvalue weighted by Gasteiger charge is -2.24. The van der Waals surface area contributed by atoms with Gasteiger partial charge in [-0.25, -0.2) is 8.42 Å². The fraction of sp³-hybridized carbons (Fsp3) is 0.458. The predicted molar refractivity (Wildman–Crippen MR) is 126 cm³/mol. The monoisotopic (exact) mass is 446 g/mol. The average molecular weight is 447 g/mol. The Bertz CT molecular complexity index is 912. The number of nitrogens with one attached hydrogen (secondary N) is 1. The van der Waals surface area contributed by atoms with Crippen LogP contribution in [0.2, 0.25) is 0 Å². The number of anilines is 1. The Hall–Kier alpha value is -2.54. The Kier molecular flexibility index (Phi) is 9.37. The van der Waals surface area contributed by atoms with Gasteiger partial charge in [0.2, 0.25) is 15.9 Å². The first-order valence-corrected chi connectivity index (χ1v) is 12.6. The molecule has 0 radical (unpaired) electrons. The molecule has 2 aromatic carbocycles. The number of carbonyl (C=O) groups excluding carboxylic acids is 1. The minimum atomic E-state index is -3.46. The van der Waals surface area contributed by atoms with Gasteiger partial charge in [-0.1, -0.05) is 44.2 Å². The smallest absolute Gasteiger partial charge is 0.232 e. The SMILES string of the molecule is CCOc1ccc(N(CCCC(=O)NC(CC(C)C)c2ccccc2)S(C)(=O)=O)cc1. The van der Waals surface area contributed by atoms with Gasteiger partial charge in [0.1, 0.15) is 5.75 Å². The Morgan fingerprint density at radius 2 is 1.71 bits per heavy atom. The molecular weight excluding hydrogens is 412 g/mol. The minimum Gasteiger partial charge on any atom is -0.494 e. The van der Waals surface area contributed by atoms with Crippen molar-refractivity contribution in [1.29, 1.82) is 0 Å². The third-order valence-corrected chi connectivity index (χ3v) is 6.04. The number of rotatable bonds is 12. The molecular formula is C24H34N2O4S. The second kappa shape index (κ2) is 11.7. The number of benzene rings is 2. The normalized spacial score (nSPS) is 12.4. The fourth-order valence-corrected chi connectivity index (χ4v) is 4.41. The van der Waals surface area contributed by atoms with E-state index in [0.29, 0.717) is 30.4 Å². The summed E-state index contributed by atoms with van der Waals surface area (Å²) < 4.78 is 31.3. The fourth-order valence-electron chi connectivity index (χ4n) is 3.45. The van der Waals surface area contributed by atoms with Gasteiger partial charge in [0.15, 0.2) is 0 Å². The summed E-state index contributed by atoms with van der Waals surface area (Å²) in [6, 6.07) is 16.8.